The van der Waals surface area contributed by atoms with Gasteiger partial charge in [0.15, 0.2) is 0 Å². The van der Waals surface area contributed by atoms with Crippen molar-refractivity contribution in [2.24, 2.45) is 0 Å². The summed E-state index contributed by atoms with van der Waals surface area (Å²) in [4.78, 5) is 11.1. The zero-order valence-electron chi connectivity index (χ0n) is 15.7. The normalized spacial score (nSPS) is 11.6. The Morgan fingerprint density at radius 2 is 1.85 bits per heavy atom. The molecule has 0 radical (unpaired) electrons. The summed E-state index contributed by atoms with van der Waals surface area (Å²) in [7, 11) is 1.32. The molecule has 2 aromatic carbocycles. The van der Waals surface area contributed by atoms with Gasteiger partial charge in [-0.3, -0.25) is 0 Å². The predicted molar refractivity (Wildman–Crippen MR) is 103 cm³/mol. The molecule has 0 unspecified atom stereocenters. The molecule has 2 rings (SSSR count). The average Bonchev–Trinajstić information content (AvgIpc) is 2.55. The zero-order chi connectivity index (χ0) is 19.4. The summed E-state index contributed by atoms with van der Waals surface area (Å²) in [5, 5.41) is 12.3. The molecule has 0 amide bonds. The molecule has 26 heavy (non-hydrogen) atoms. The van der Waals surface area contributed by atoms with E-state index in [2.05, 4.69) is 5.32 Å². The molecule has 0 bridgehead atoms. The molecule has 0 atom stereocenters. The molecular formula is C21H24FNO3. The number of rotatable bonds is 6. The first-order valence-corrected chi connectivity index (χ1v) is 8.39. The van der Waals surface area contributed by atoms with Gasteiger partial charge in [0, 0.05) is 17.3 Å². The SMILES string of the molecule is CO/C(=C\c1cc(C)c(-c2ccc(NC(C)C)cc2F)cc1C)C(=O)O. The molecule has 0 aromatic heterocycles. The van der Waals surface area contributed by atoms with Gasteiger partial charge in [0.05, 0.1) is 7.11 Å². The number of aryl methyl sites for hydroxylation is 2. The molecule has 0 aliphatic carbocycles. The van der Waals surface area contributed by atoms with Gasteiger partial charge >= 0.3 is 5.97 Å². The van der Waals surface area contributed by atoms with Gasteiger partial charge in [-0.15, -0.1) is 0 Å². The van der Waals surface area contributed by atoms with Crippen LogP contribution in [0.4, 0.5) is 10.1 Å². The summed E-state index contributed by atoms with van der Waals surface area (Å²) < 4.78 is 19.5. The van der Waals surface area contributed by atoms with Crippen LogP contribution in [0.5, 0.6) is 0 Å². The van der Waals surface area contributed by atoms with Gasteiger partial charge in [0.2, 0.25) is 5.76 Å². The number of halogens is 1. The van der Waals surface area contributed by atoms with Crippen LogP contribution in [0.2, 0.25) is 0 Å². The van der Waals surface area contributed by atoms with E-state index in [1.165, 1.54) is 19.3 Å². The van der Waals surface area contributed by atoms with Crippen LogP contribution in [0.1, 0.15) is 30.5 Å². The van der Waals surface area contributed by atoms with E-state index in [-0.39, 0.29) is 17.6 Å². The van der Waals surface area contributed by atoms with Crippen LogP contribution in [0.3, 0.4) is 0 Å². The standard InChI is InChI=1S/C21H24FNO3/c1-12(2)23-16-6-7-17(19(22)11-16)18-9-13(3)15(8-14(18)4)10-20(26-5)21(24)25/h6-12,23H,1-5H3,(H,24,25)/b20-10-. The Bertz CT molecular complexity index is 857. The predicted octanol–water partition coefficient (Wildman–Crippen LogP) is 5.00. The lowest BCUT2D eigenvalue weighted by molar-refractivity contribution is -0.135. The Morgan fingerprint density at radius 3 is 2.38 bits per heavy atom. The quantitative estimate of drug-likeness (QED) is 0.564. The highest BCUT2D eigenvalue weighted by molar-refractivity contribution is 5.90. The van der Waals surface area contributed by atoms with E-state index in [1.807, 2.05) is 45.9 Å². The fourth-order valence-corrected chi connectivity index (χ4v) is 2.79. The fraction of sp³-hybridized carbons (Fsp3) is 0.286. The topological polar surface area (TPSA) is 58.6 Å². The smallest absolute Gasteiger partial charge is 0.371 e. The van der Waals surface area contributed by atoms with Crippen LogP contribution in [-0.4, -0.2) is 24.2 Å². The first-order valence-electron chi connectivity index (χ1n) is 8.39. The summed E-state index contributed by atoms with van der Waals surface area (Å²) >= 11 is 0. The Morgan fingerprint density at radius 1 is 1.15 bits per heavy atom. The first-order chi connectivity index (χ1) is 12.2. The lowest BCUT2D eigenvalue weighted by Gasteiger charge is -2.14. The molecule has 5 heteroatoms. The number of benzene rings is 2. The van der Waals surface area contributed by atoms with E-state index >= 15 is 0 Å². The molecule has 2 N–H and O–H groups in total. The summed E-state index contributed by atoms with van der Waals surface area (Å²) in [5.41, 5.74) is 4.45. The minimum absolute atomic E-state index is 0.143. The second-order valence-corrected chi connectivity index (χ2v) is 6.54. The van der Waals surface area contributed by atoms with Gasteiger partial charge in [0.1, 0.15) is 5.82 Å². The van der Waals surface area contributed by atoms with Crippen molar-refractivity contribution in [3.8, 4) is 11.1 Å². The Hall–Kier alpha value is -2.82. The molecule has 0 fully saturated rings. The van der Waals surface area contributed by atoms with E-state index in [0.29, 0.717) is 5.56 Å². The number of carboxylic acid groups (broad SMARTS) is 1. The van der Waals surface area contributed by atoms with Crippen LogP contribution >= 0.6 is 0 Å². The number of methoxy groups -OCH3 is 1. The maximum Gasteiger partial charge on any atom is 0.371 e. The molecule has 0 aliphatic rings. The van der Waals surface area contributed by atoms with Crippen LogP contribution in [-0.2, 0) is 9.53 Å². The van der Waals surface area contributed by atoms with E-state index in [1.54, 1.807) is 6.07 Å². The fourth-order valence-electron chi connectivity index (χ4n) is 2.79. The minimum Gasteiger partial charge on any atom is -0.490 e. The maximum atomic E-state index is 14.6. The molecule has 0 heterocycles. The Kier molecular flexibility index (Phi) is 6.03. The molecule has 0 saturated heterocycles. The highest BCUT2D eigenvalue weighted by Gasteiger charge is 2.13. The van der Waals surface area contributed by atoms with Crippen molar-refractivity contribution in [1.82, 2.24) is 0 Å². The van der Waals surface area contributed by atoms with Crippen LogP contribution in [0.25, 0.3) is 17.2 Å². The van der Waals surface area contributed by atoms with Crippen LogP contribution in [0, 0.1) is 19.7 Å². The third-order valence-corrected chi connectivity index (χ3v) is 4.04. The van der Waals surface area contributed by atoms with Crippen LogP contribution < -0.4 is 5.32 Å². The van der Waals surface area contributed by atoms with Gasteiger partial charge in [-0.1, -0.05) is 12.1 Å². The minimum atomic E-state index is -1.13. The van der Waals surface area contributed by atoms with Gasteiger partial charge in [-0.05, 0) is 74.2 Å². The van der Waals surface area contributed by atoms with Gasteiger partial charge < -0.3 is 15.2 Å². The third-order valence-electron chi connectivity index (χ3n) is 4.04. The van der Waals surface area contributed by atoms with Crippen molar-refractivity contribution in [2.45, 2.75) is 33.7 Å². The summed E-state index contributed by atoms with van der Waals surface area (Å²) in [6, 6.07) is 9.03. The van der Waals surface area contributed by atoms with Gasteiger partial charge in [-0.25, -0.2) is 9.18 Å². The van der Waals surface area contributed by atoms with E-state index in [4.69, 9.17) is 9.84 Å². The zero-order valence-corrected chi connectivity index (χ0v) is 15.7. The second-order valence-electron chi connectivity index (χ2n) is 6.54. The number of nitrogens with one attached hydrogen (secondary N) is 1. The number of carboxylic acids is 1. The van der Waals surface area contributed by atoms with E-state index in [0.717, 1.165) is 27.9 Å². The van der Waals surface area contributed by atoms with E-state index in [9.17, 15) is 9.18 Å². The monoisotopic (exact) mass is 357 g/mol. The summed E-state index contributed by atoms with van der Waals surface area (Å²) in [6.07, 6.45) is 1.47. The Balaban J connectivity index is 2.47. The van der Waals surface area contributed by atoms with Crippen molar-refractivity contribution >= 4 is 17.7 Å². The molecule has 138 valence electrons. The van der Waals surface area contributed by atoms with Crippen LogP contribution in [0.15, 0.2) is 36.1 Å². The van der Waals surface area contributed by atoms with Crippen molar-refractivity contribution in [3.05, 3.63) is 58.6 Å². The third kappa shape index (κ3) is 4.42. The summed E-state index contributed by atoms with van der Waals surface area (Å²) in [6.45, 7) is 7.73. The van der Waals surface area contributed by atoms with Gasteiger partial charge in [0.25, 0.3) is 0 Å². The first kappa shape index (κ1) is 19.5. The molecular weight excluding hydrogens is 333 g/mol. The van der Waals surface area contributed by atoms with Crippen molar-refractivity contribution < 1.29 is 19.0 Å². The highest BCUT2D eigenvalue weighted by atomic mass is 19.1. The van der Waals surface area contributed by atoms with Gasteiger partial charge in [-0.2, -0.15) is 0 Å². The molecule has 0 saturated carbocycles. The second kappa shape index (κ2) is 8.04. The molecule has 2 aromatic rings. The van der Waals surface area contributed by atoms with E-state index < -0.39 is 5.97 Å². The lowest BCUT2D eigenvalue weighted by atomic mass is 9.94. The van der Waals surface area contributed by atoms with Crippen molar-refractivity contribution in [1.29, 1.82) is 0 Å². The number of carbonyl (C=O) groups is 1. The number of ether oxygens (including phenoxy) is 1. The van der Waals surface area contributed by atoms with Crippen molar-refractivity contribution in [2.75, 3.05) is 12.4 Å². The molecule has 4 nitrogen and oxygen atoms in total. The highest BCUT2D eigenvalue weighted by Crippen LogP contribution is 2.31. The maximum absolute atomic E-state index is 14.6. The molecule has 0 aliphatic heterocycles. The number of aliphatic carboxylic acids is 1. The number of hydrogen-bond donors (Lipinski definition) is 2. The molecule has 0 spiro atoms. The number of hydrogen-bond acceptors (Lipinski definition) is 3. The largest absolute Gasteiger partial charge is 0.490 e. The number of anilines is 1. The Labute approximate surface area is 153 Å². The average molecular weight is 357 g/mol. The lowest BCUT2D eigenvalue weighted by Crippen LogP contribution is -2.09. The summed E-state index contributed by atoms with van der Waals surface area (Å²) in [5.74, 6) is -1.58. The van der Waals surface area contributed by atoms with Crippen molar-refractivity contribution in [3.63, 3.8) is 0 Å².